The van der Waals surface area contributed by atoms with Crippen molar-refractivity contribution >= 4 is 10.8 Å². The molecule has 0 aliphatic rings. The molecule has 4 rings (SSSR count). The van der Waals surface area contributed by atoms with E-state index in [0.717, 1.165) is 12.1 Å². The van der Waals surface area contributed by atoms with Crippen LogP contribution in [0.25, 0.3) is 21.9 Å². The van der Waals surface area contributed by atoms with Crippen LogP contribution in [-0.2, 0) is 19.3 Å². The molecule has 0 saturated heterocycles. The number of halogens is 5. The number of hydrogen-bond acceptors (Lipinski definition) is 0. The molecule has 0 fully saturated rings. The van der Waals surface area contributed by atoms with Gasteiger partial charge in [0.15, 0.2) is 11.6 Å². The van der Waals surface area contributed by atoms with Gasteiger partial charge in [0.25, 0.3) is 0 Å². The highest BCUT2D eigenvalue weighted by Gasteiger charge is 2.15. The maximum atomic E-state index is 15.0. The van der Waals surface area contributed by atoms with Gasteiger partial charge in [-0.2, -0.15) is 0 Å². The van der Waals surface area contributed by atoms with Crippen molar-refractivity contribution in [3.8, 4) is 11.1 Å². The van der Waals surface area contributed by atoms with Gasteiger partial charge in [0.05, 0.1) is 5.56 Å². The van der Waals surface area contributed by atoms with Crippen molar-refractivity contribution in [2.24, 2.45) is 0 Å². The SMILES string of the molecule is CCc1cc(F)c(-c2ccc3c(F)c(CCc4ccc(F)c(F)c4)ccc3c2)c(F)c1. The zero-order chi connectivity index (χ0) is 22.1. The normalized spacial score (nSPS) is 11.3. The molecule has 31 heavy (non-hydrogen) atoms. The van der Waals surface area contributed by atoms with Gasteiger partial charge in [0, 0.05) is 5.39 Å². The number of fused-ring (bicyclic) bond motifs is 1. The summed E-state index contributed by atoms with van der Waals surface area (Å²) < 4.78 is 70.4. The molecule has 0 unspecified atom stereocenters. The van der Waals surface area contributed by atoms with Gasteiger partial charge in [0.1, 0.15) is 17.5 Å². The third-order valence-electron chi connectivity index (χ3n) is 5.50. The molecule has 5 heteroatoms. The summed E-state index contributed by atoms with van der Waals surface area (Å²) in [5.74, 6) is -3.60. The largest absolute Gasteiger partial charge is 0.206 e. The van der Waals surface area contributed by atoms with E-state index in [1.54, 1.807) is 18.2 Å². The maximum absolute atomic E-state index is 15.0. The van der Waals surface area contributed by atoms with Gasteiger partial charge < -0.3 is 0 Å². The third-order valence-corrected chi connectivity index (χ3v) is 5.50. The predicted octanol–water partition coefficient (Wildman–Crippen LogP) is 7.55. The predicted molar refractivity (Wildman–Crippen MR) is 112 cm³/mol. The number of hydrogen-bond donors (Lipinski definition) is 0. The van der Waals surface area contributed by atoms with Crippen LogP contribution in [0.2, 0.25) is 0 Å². The van der Waals surface area contributed by atoms with Crippen LogP contribution in [0.3, 0.4) is 0 Å². The van der Waals surface area contributed by atoms with Crippen molar-refractivity contribution in [2.75, 3.05) is 0 Å². The summed E-state index contributed by atoms with van der Waals surface area (Å²) in [5.41, 5.74) is 1.75. The molecule has 0 nitrogen and oxygen atoms in total. The lowest BCUT2D eigenvalue weighted by Gasteiger charge is -2.11. The summed E-state index contributed by atoms with van der Waals surface area (Å²) in [6.07, 6.45) is 1.17. The molecule has 0 amide bonds. The van der Waals surface area contributed by atoms with Gasteiger partial charge in [-0.15, -0.1) is 0 Å². The zero-order valence-electron chi connectivity index (χ0n) is 16.8. The molecule has 0 N–H and O–H groups in total. The van der Waals surface area contributed by atoms with Crippen molar-refractivity contribution < 1.29 is 22.0 Å². The van der Waals surface area contributed by atoms with Gasteiger partial charge in [-0.05, 0) is 77.2 Å². The molecule has 4 aromatic carbocycles. The first-order valence-corrected chi connectivity index (χ1v) is 10.0. The van der Waals surface area contributed by atoms with Gasteiger partial charge in [-0.3, -0.25) is 0 Å². The fraction of sp³-hybridized carbons (Fsp3) is 0.154. The molecule has 0 radical (unpaired) electrons. The topological polar surface area (TPSA) is 0 Å². The average molecular weight is 426 g/mol. The van der Waals surface area contributed by atoms with Crippen LogP contribution in [0.4, 0.5) is 22.0 Å². The Morgan fingerprint density at radius 1 is 0.613 bits per heavy atom. The minimum atomic E-state index is -0.935. The molecule has 158 valence electrons. The molecule has 0 heterocycles. The summed E-state index contributed by atoms with van der Waals surface area (Å²) in [4.78, 5) is 0. The Bertz CT molecular complexity index is 1250. The highest BCUT2D eigenvalue weighted by atomic mass is 19.2. The Balaban J connectivity index is 1.65. The van der Waals surface area contributed by atoms with Crippen LogP contribution in [0.1, 0.15) is 23.6 Å². The Kier molecular flexibility index (Phi) is 5.77. The molecule has 4 aromatic rings. The van der Waals surface area contributed by atoms with E-state index in [0.29, 0.717) is 52.3 Å². The first-order valence-electron chi connectivity index (χ1n) is 10.0. The Labute approximate surface area is 177 Å². The average Bonchev–Trinajstić information content (AvgIpc) is 2.75. The second kappa shape index (κ2) is 8.50. The molecule has 0 aliphatic heterocycles. The third kappa shape index (κ3) is 4.18. The van der Waals surface area contributed by atoms with Crippen LogP contribution in [0.5, 0.6) is 0 Å². The van der Waals surface area contributed by atoms with E-state index < -0.39 is 29.1 Å². The van der Waals surface area contributed by atoms with Crippen molar-refractivity contribution in [1.82, 2.24) is 0 Å². The van der Waals surface area contributed by atoms with E-state index in [9.17, 15) is 17.6 Å². The summed E-state index contributed by atoms with van der Waals surface area (Å²) in [5, 5.41) is 0.850. The lowest BCUT2D eigenvalue weighted by molar-refractivity contribution is 0.507. The monoisotopic (exact) mass is 426 g/mol. The first kappa shape index (κ1) is 21.0. The van der Waals surface area contributed by atoms with Crippen LogP contribution < -0.4 is 0 Å². The van der Waals surface area contributed by atoms with E-state index in [2.05, 4.69) is 0 Å². The van der Waals surface area contributed by atoms with Crippen molar-refractivity contribution in [1.29, 1.82) is 0 Å². The molecular weight excluding hydrogens is 407 g/mol. The van der Waals surface area contributed by atoms with Crippen LogP contribution in [0, 0.1) is 29.1 Å². The van der Waals surface area contributed by atoms with Crippen molar-refractivity contribution in [2.45, 2.75) is 26.2 Å². The smallest absolute Gasteiger partial charge is 0.159 e. The van der Waals surface area contributed by atoms with E-state index in [1.807, 2.05) is 6.92 Å². The number of benzene rings is 4. The van der Waals surface area contributed by atoms with Gasteiger partial charge in [-0.25, -0.2) is 22.0 Å². The minimum Gasteiger partial charge on any atom is -0.206 e. The van der Waals surface area contributed by atoms with Gasteiger partial charge in [-0.1, -0.05) is 37.3 Å². The van der Waals surface area contributed by atoms with Gasteiger partial charge in [0.2, 0.25) is 0 Å². The Morgan fingerprint density at radius 2 is 1.32 bits per heavy atom. The number of aryl methyl sites for hydroxylation is 3. The molecule has 0 spiro atoms. The number of rotatable bonds is 5. The summed E-state index contributed by atoms with van der Waals surface area (Å²) in [6, 6.07) is 14.1. The highest BCUT2D eigenvalue weighted by molar-refractivity contribution is 5.88. The van der Waals surface area contributed by atoms with Crippen LogP contribution in [-0.4, -0.2) is 0 Å². The van der Waals surface area contributed by atoms with E-state index >= 15 is 4.39 Å². The van der Waals surface area contributed by atoms with Crippen molar-refractivity contribution in [3.63, 3.8) is 0 Å². The minimum absolute atomic E-state index is 0.137. The van der Waals surface area contributed by atoms with Gasteiger partial charge >= 0.3 is 0 Å². The molecule has 0 bridgehead atoms. The summed E-state index contributed by atoms with van der Waals surface area (Å²) >= 11 is 0. The maximum Gasteiger partial charge on any atom is 0.159 e. The standard InChI is InChI=1S/C26H19F5/c1-2-15-11-23(29)25(24(30)12-15)19-8-9-20-18(14-19)7-6-17(26(20)31)5-3-16-4-10-21(27)22(28)13-16/h4,6-14H,2-3,5H2,1H3. The van der Waals surface area contributed by atoms with E-state index in [-0.39, 0.29) is 5.56 Å². The zero-order valence-corrected chi connectivity index (χ0v) is 16.8. The van der Waals surface area contributed by atoms with Crippen LogP contribution >= 0.6 is 0 Å². The van der Waals surface area contributed by atoms with E-state index in [4.69, 9.17) is 0 Å². The second-order valence-corrected chi connectivity index (χ2v) is 7.51. The summed E-state index contributed by atoms with van der Waals surface area (Å²) in [7, 11) is 0. The molecular formula is C26H19F5. The molecule has 0 aromatic heterocycles. The lowest BCUT2D eigenvalue weighted by Crippen LogP contribution is -1.98. The lowest BCUT2D eigenvalue weighted by atomic mass is 9.96. The first-order chi connectivity index (χ1) is 14.9. The Hall–Kier alpha value is -3.21. The van der Waals surface area contributed by atoms with E-state index in [1.165, 1.54) is 30.3 Å². The second-order valence-electron chi connectivity index (χ2n) is 7.51. The van der Waals surface area contributed by atoms with Crippen LogP contribution in [0.15, 0.2) is 60.7 Å². The molecule has 0 atom stereocenters. The van der Waals surface area contributed by atoms with Crippen molar-refractivity contribution in [3.05, 3.63) is 106 Å². The fourth-order valence-corrected chi connectivity index (χ4v) is 3.77. The molecule has 0 saturated carbocycles. The molecule has 0 aliphatic carbocycles. The Morgan fingerprint density at radius 3 is 2.00 bits per heavy atom. The quantitative estimate of drug-likeness (QED) is 0.289. The summed E-state index contributed by atoms with van der Waals surface area (Å²) in [6.45, 7) is 1.82. The fourth-order valence-electron chi connectivity index (χ4n) is 3.77. The highest BCUT2D eigenvalue weighted by Crippen LogP contribution is 2.32.